The van der Waals surface area contributed by atoms with Crippen LogP contribution < -0.4 is 5.32 Å². The summed E-state index contributed by atoms with van der Waals surface area (Å²) in [5.74, 6) is -2.02. The van der Waals surface area contributed by atoms with Crippen LogP contribution in [0.1, 0.15) is 25.0 Å². The Kier molecular flexibility index (Phi) is 6.04. The molecule has 1 amide bonds. The molecule has 0 aliphatic heterocycles. The van der Waals surface area contributed by atoms with Gasteiger partial charge in [-0.3, -0.25) is 9.69 Å². The SMILES string of the molecule is CCc1ccc(CN(C)C(C)C(=O)Nc2c(F)cccc2F)cc1. The van der Waals surface area contributed by atoms with Crippen LogP contribution >= 0.6 is 0 Å². The molecular weight excluding hydrogens is 310 g/mol. The summed E-state index contributed by atoms with van der Waals surface area (Å²) in [4.78, 5) is 14.1. The number of carbonyl (C=O) groups excluding carboxylic acids is 1. The monoisotopic (exact) mass is 332 g/mol. The van der Waals surface area contributed by atoms with Gasteiger partial charge in [0.2, 0.25) is 5.91 Å². The number of benzene rings is 2. The lowest BCUT2D eigenvalue weighted by atomic mass is 10.1. The van der Waals surface area contributed by atoms with Crippen molar-refractivity contribution in [3.05, 3.63) is 65.2 Å². The fraction of sp³-hybridized carbons (Fsp3) is 0.316. The Bertz CT molecular complexity index is 681. The van der Waals surface area contributed by atoms with E-state index in [-0.39, 0.29) is 0 Å². The van der Waals surface area contributed by atoms with Gasteiger partial charge in [-0.05, 0) is 43.7 Å². The fourth-order valence-corrected chi connectivity index (χ4v) is 2.35. The number of anilines is 1. The molecule has 5 heteroatoms. The molecule has 2 rings (SSSR count). The Morgan fingerprint density at radius 1 is 1.08 bits per heavy atom. The van der Waals surface area contributed by atoms with Crippen LogP contribution in [0.4, 0.5) is 14.5 Å². The van der Waals surface area contributed by atoms with Crippen LogP contribution in [-0.4, -0.2) is 23.9 Å². The molecule has 3 nitrogen and oxygen atoms in total. The van der Waals surface area contributed by atoms with Crippen LogP contribution in [0.5, 0.6) is 0 Å². The van der Waals surface area contributed by atoms with Gasteiger partial charge in [-0.1, -0.05) is 37.3 Å². The van der Waals surface area contributed by atoms with E-state index in [4.69, 9.17) is 0 Å². The average Bonchev–Trinajstić information content (AvgIpc) is 2.58. The van der Waals surface area contributed by atoms with E-state index in [0.29, 0.717) is 6.54 Å². The van der Waals surface area contributed by atoms with E-state index in [1.165, 1.54) is 11.6 Å². The molecule has 128 valence electrons. The predicted octanol–water partition coefficient (Wildman–Crippen LogP) is 3.99. The lowest BCUT2D eigenvalue weighted by molar-refractivity contribution is -0.120. The van der Waals surface area contributed by atoms with Crippen LogP contribution in [-0.2, 0) is 17.8 Å². The summed E-state index contributed by atoms with van der Waals surface area (Å²) >= 11 is 0. The van der Waals surface area contributed by atoms with E-state index >= 15 is 0 Å². The molecule has 0 spiro atoms. The molecule has 0 aliphatic rings. The molecule has 0 saturated heterocycles. The summed E-state index contributed by atoms with van der Waals surface area (Å²) in [7, 11) is 1.80. The van der Waals surface area contributed by atoms with E-state index in [1.807, 2.05) is 17.0 Å². The van der Waals surface area contributed by atoms with E-state index in [1.54, 1.807) is 14.0 Å². The fourth-order valence-electron chi connectivity index (χ4n) is 2.35. The number of nitrogens with zero attached hydrogens (tertiary/aromatic N) is 1. The Balaban J connectivity index is 2.01. The van der Waals surface area contributed by atoms with Crippen LogP contribution in [0, 0.1) is 11.6 Å². The molecule has 0 radical (unpaired) electrons. The maximum Gasteiger partial charge on any atom is 0.241 e. The summed E-state index contributed by atoms with van der Waals surface area (Å²) in [6.07, 6.45) is 0.975. The second-order valence-corrected chi connectivity index (χ2v) is 5.85. The number of hydrogen-bond donors (Lipinski definition) is 1. The number of nitrogens with one attached hydrogen (secondary N) is 1. The number of aryl methyl sites for hydroxylation is 1. The molecule has 0 heterocycles. The highest BCUT2D eigenvalue weighted by atomic mass is 19.1. The minimum absolute atomic E-state index is 0.407. The number of amides is 1. The molecular formula is C19H22F2N2O. The lowest BCUT2D eigenvalue weighted by Crippen LogP contribution is -2.39. The molecule has 0 saturated carbocycles. The van der Waals surface area contributed by atoms with Crippen LogP contribution in [0.2, 0.25) is 0 Å². The van der Waals surface area contributed by atoms with E-state index in [9.17, 15) is 13.6 Å². The smallest absolute Gasteiger partial charge is 0.241 e. The van der Waals surface area contributed by atoms with Gasteiger partial charge in [0, 0.05) is 6.54 Å². The number of halogens is 2. The first kappa shape index (κ1) is 18.1. The van der Waals surface area contributed by atoms with Crippen molar-refractivity contribution in [2.24, 2.45) is 0 Å². The van der Waals surface area contributed by atoms with Gasteiger partial charge in [0.15, 0.2) is 0 Å². The minimum atomic E-state index is -0.784. The van der Waals surface area contributed by atoms with Crippen molar-refractivity contribution in [2.45, 2.75) is 32.9 Å². The van der Waals surface area contributed by atoms with Crippen molar-refractivity contribution in [1.29, 1.82) is 0 Å². The van der Waals surface area contributed by atoms with Crippen molar-refractivity contribution in [3.8, 4) is 0 Å². The molecule has 0 bridgehead atoms. The highest BCUT2D eigenvalue weighted by Gasteiger charge is 2.21. The van der Waals surface area contributed by atoms with Gasteiger partial charge in [0.25, 0.3) is 0 Å². The van der Waals surface area contributed by atoms with E-state index in [0.717, 1.165) is 24.1 Å². The van der Waals surface area contributed by atoms with Crippen molar-refractivity contribution in [2.75, 3.05) is 12.4 Å². The molecule has 0 aromatic heterocycles. The first-order chi connectivity index (χ1) is 11.4. The Hall–Kier alpha value is -2.27. The van der Waals surface area contributed by atoms with Gasteiger partial charge in [0.1, 0.15) is 17.3 Å². The second kappa shape index (κ2) is 8.02. The average molecular weight is 332 g/mol. The van der Waals surface area contributed by atoms with Gasteiger partial charge in [-0.15, -0.1) is 0 Å². The van der Waals surface area contributed by atoms with Crippen LogP contribution in [0.15, 0.2) is 42.5 Å². The number of carbonyl (C=O) groups is 1. The molecule has 1 unspecified atom stereocenters. The van der Waals surface area contributed by atoms with Gasteiger partial charge in [-0.25, -0.2) is 8.78 Å². The quantitative estimate of drug-likeness (QED) is 0.867. The maximum atomic E-state index is 13.6. The molecule has 2 aromatic rings. The van der Waals surface area contributed by atoms with Gasteiger partial charge in [-0.2, -0.15) is 0 Å². The van der Waals surface area contributed by atoms with E-state index < -0.39 is 29.3 Å². The summed E-state index contributed by atoms with van der Waals surface area (Å²) in [6, 6.07) is 11.1. The normalized spacial score (nSPS) is 12.2. The Morgan fingerprint density at radius 2 is 1.62 bits per heavy atom. The summed E-state index contributed by atoms with van der Waals surface area (Å²) < 4.78 is 27.3. The third-order valence-electron chi connectivity index (χ3n) is 4.11. The Morgan fingerprint density at radius 3 is 2.17 bits per heavy atom. The number of likely N-dealkylation sites (N-methyl/N-ethyl adjacent to an activating group) is 1. The third kappa shape index (κ3) is 4.38. The van der Waals surface area contributed by atoms with Crippen LogP contribution in [0.3, 0.4) is 0 Å². The van der Waals surface area contributed by atoms with Gasteiger partial charge < -0.3 is 5.32 Å². The summed E-state index contributed by atoms with van der Waals surface area (Å²) in [5.41, 5.74) is 1.92. The van der Waals surface area contributed by atoms with E-state index in [2.05, 4.69) is 24.4 Å². The lowest BCUT2D eigenvalue weighted by Gasteiger charge is -2.24. The topological polar surface area (TPSA) is 32.3 Å². The summed E-state index contributed by atoms with van der Waals surface area (Å²) in [6.45, 7) is 4.36. The first-order valence-electron chi connectivity index (χ1n) is 7.95. The third-order valence-corrected chi connectivity index (χ3v) is 4.11. The van der Waals surface area contributed by atoms with Gasteiger partial charge in [0.05, 0.1) is 6.04 Å². The highest BCUT2D eigenvalue weighted by molar-refractivity contribution is 5.94. The van der Waals surface area contributed by atoms with Crippen molar-refractivity contribution < 1.29 is 13.6 Å². The Labute approximate surface area is 141 Å². The predicted molar refractivity (Wildman–Crippen MR) is 91.7 cm³/mol. The van der Waals surface area contributed by atoms with Crippen molar-refractivity contribution in [3.63, 3.8) is 0 Å². The minimum Gasteiger partial charge on any atom is -0.320 e. The molecule has 24 heavy (non-hydrogen) atoms. The van der Waals surface area contributed by atoms with Crippen molar-refractivity contribution in [1.82, 2.24) is 4.90 Å². The number of para-hydroxylation sites is 1. The number of hydrogen-bond acceptors (Lipinski definition) is 2. The second-order valence-electron chi connectivity index (χ2n) is 5.85. The molecule has 1 atom stereocenters. The molecule has 1 N–H and O–H groups in total. The van der Waals surface area contributed by atoms with Crippen molar-refractivity contribution >= 4 is 11.6 Å². The molecule has 2 aromatic carbocycles. The first-order valence-corrected chi connectivity index (χ1v) is 7.95. The van der Waals surface area contributed by atoms with Crippen LogP contribution in [0.25, 0.3) is 0 Å². The zero-order valence-electron chi connectivity index (χ0n) is 14.1. The molecule has 0 fully saturated rings. The zero-order chi connectivity index (χ0) is 17.7. The van der Waals surface area contributed by atoms with Gasteiger partial charge >= 0.3 is 0 Å². The highest BCUT2D eigenvalue weighted by Crippen LogP contribution is 2.19. The zero-order valence-corrected chi connectivity index (χ0v) is 14.1. The maximum absolute atomic E-state index is 13.6. The largest absolute Gasteiger partial charge is 0.320 e. The molecule has 0 aliphatic carbocycles. The number of rotatable bonds is 6. The summed E-state index contributed by atoms with van der Waals surface area (Å²) in [5, 5.41) is 2.33. The standard InChI is InChI=1S/C19H22F2N2O/c1-4-14-8-10-15(11-9-14)12-23(3)13(2)19(24)22-18-16(20)6-5-7-17(18)21/h5-11,13H,4,12H2,1-3H3,(H,22,24).